The molecule has 1 amide bonds. The van der Waals surface area contributed by atoms with Gasteiger partial charge in [0.1, 0.15) is 0 Å². The Morgan fingerprint density at radius 2 is 1.93 bits per heavy atom. The Labute approximate surface area is 180 Å². The van der Waals surface area contributed by atoms with Crippen LogP contribution < -0.4 is 5.32 Å². The molecular weight excluding hydrogens is 396 g/mol. The van der Waals surface area contributed by atoms with E-state index < -0.39 is 0 Å². The minimum absolute atomic E-state index is 0.249. The van der Waals surface area contributed by atoms with Gasteiger partial charge in [0.2, 0.25) is 5.91 Å². The number of fused-ring (bicyclic) bond motifs is 1. The van der Waals surface area contributed by atoms with Gasteiger partial charge in [-0.25, -0.2) is 9.78 Å². The number of nitrogens with zero attached hydrogens (tertiary/aromatic N) is 1. The standard InChI is InChI=1S/C24H26N2O3S/c1-4-5-14-29-23(28)19-11-12-20-21(15-19)30-24(25-20)26-22(27)13-8-17-6-9-18(10-7-17)16(2)3/h6-13,15-16H,4-5,14H2,1-3H3,(H,25,26,27)/b13-8+. The lowest BCUT2D eigenvalue weighted by Crippen LogP contribution is -2.07. The van der Waals surface area contributed by atoms with E-state index >= 15 is 0 Å². The number of carbonyl (C=O) groups excluding carboxylic acids is 2. The first-order valence-electron chi connectivity index (χ1n) is 10.1. The van der Waals surface area contributed by atoms with Gasteiger partial charge >= 0.3 is 5.97 Å². The summed E-state index contributed by atoms with van der Waals surface area (Å²) in [5.74, 6) is -0.110. The molecule has 30 heavy (non-hydrogen) atoms. The maximum atomic E-state index is 12.3. The SMILES string of the molecule is CCCCOC(=O)c1ccc2nc(NC(=O)/C=C/c3ccc(C(C)C)cc3)sc2c1. The van der Waals surface area contributed by atoms with Gasteiger partial charge in [-0.15, -0.1) is 0 Å². The fourth-order valence-corrected chi connectivity index (χ4v) is 3.72. The number of unbranched alkanes of at least 4 members (excludes halogenated alkanes) is 1. The summed E-state index contributed by atoms with van der Waals surface area (Å²) in [6.45, 7) is 6.76. The van der Waals surface area contributed by atoms with Crippen LogP contribution in [0, 0.1) is 0 Å². The number of hydrogen-bond acceptors (Lipinski definition) is 5. The van der Waals surface area contributed by atoms with Crippen molar-refractivity contribution >= 4 is 44.6 Å². The van der Waals surface area contributed by atoms with Gasteiger partial charge in [-0.1, -0.05) is 62.8 Å². The van der Waals surface area contributed by atoms with Crippen molar-refractivity contribution in [3.63, 3.8) is 0 Å². The van der Waals surface area contributed by atoms with Crippen molar-refractivity contribution in [3.05, 3.63) is 65.2 Å². The molecule has 0 fully saturated rings. The molecule has 0 spiro atoms. The molecule has 0 unspecified atom stereocenters. The third-order valence-electron chi connectivity index (χ3n) is 4.62. The van der Waals surface area contributed by atoms with E-state index in [1.807, 2.05) is 19.1 Å². The number of esters is 1. The lowest BCUT2D eigenvalue weighted by atomic mass is 10.0. The second-order valence-electron chi connectivity index (χ2n) is 7.33. The average Bonchev–Trinajstić information content (AvgIpc) is 3.14. The summed E-state index contributed by atoms with van der Waals surface area (Å²) in [6, 6.07) is 13.4. The average molecular weight is 423 g/mol. The topological polar surface area (TPSA) is 68.3 Å². The zero-order chi connectivity index (χ0) is 21.5. The number of hydrogen-bond donors (Lipinski definition) is 1. The maximum Gasteiger partial charge on any atom is 0.338 e. The summed E-state index contributed by atoms with van der Waals surface area (Å²) in [6.07, 6.45) is 5.09. The molecule has 5 nitrogen and oxygen atoms in total. The van der Waals surface area contributed by atoms with E-state index in [9.17, 15) is 9.59 Å². The van der Waals surface area contributed by atoms with Crippen molar-refractivity contribution in [1.29, 1.82) is 0 Å². The largest absolute Gasteiger partial charge is 0.462 e. The highest BCUT2D eigenvalue weighted by Gasteiger charge is 2.11. The van der Waals surface area contributed by atoms with Crippen LogP contribution in [0.3, 0.4) is 0 Å². The zero-order valence-corrected chi connectivity index (χ0v) is 18.3. The lowest BCUT2D eigenvalue weighted by molar-refractivity contribution is -0.111. The number of carbonyl (C=O) groups is 2. The highest BCUT2D eigenvalue weighted by Crippen LogP contribution is 2.27. The van der Waals surface area contributed by atoms with Crippen LogP contribution in [0.25, 0.3) is 16.3 Å². The molecule has 0 saturated heterocycles. The minimum Gasteiger partial charge on any atom is -0.462 e. The third-order valence-corrected chi connectivity index (χ3v) is 5.55. The molecule has 1 heterocycles. The molecule has 156 valence electrons. The van der Waals surface area contributed by atoms with E-state index in [2.05, 4.69) is 36.3 Å². The fourth-order valence-electron chi connectivity index (χ4n) is 2.81. The van der Waals surface area contributed by atoms with E-state index in [-0.39, 0.29) is 11.9 Å². The van der Waals surface area contributed by atoms with Gasteiger partial charge in [0, 0.05) is 6.08 Å². The summed E-state index contributed by atoms with van der Waals surface area (Å²) in [4.78, 5) is 28.8. The van der Waals surface area contributed by atoms with Crippen LogP contribution in [0.1, 0.15) is 61.0 Å². The summed E-state index contributed by atoms with van der Waals surface area (Å²) in [5.41, 5.74) is 3.45. The van der Waals surface area contributed by atoms with Gasteiger partial charge in [0.25, 0.3) is 0 Å². The van der Waals surface area contributed by atoms with Gasteiger partial charge in [-0.3, -0.25) is 10.1 Å². The fraction of sp³-hybridized carbons (Fsp3) is 0.292. The van der Waals surface area contributed by atoms with Crippen LogP contribution >= 0.6 is 11.3 Å². The van der Waals surface area contributed by atoms with E-state index in [1.54, 1.807) is 24.3 Å². The molecule has 0 bridgehead atoms. The quantitative estimate of drug-likeness (QED) is 0.273. The van der Waals surface area contributed by atoms with Gasteiger partial charge in [0.05, 0.1) is 22.4 Å². The highest BCUT2D eigenvalue weighted by molar-refractivity contribution is 7.22. The number of aromatic nitrogens is 1. The van der Waals surface area contributed by atoms with E-state index in [0.29, 0.717) is 23.2 Å². The zero-order valence-electron chi connectivity index (χ0n) is 17.5. The number of rotatable bonds is 8. The van der Waals surface area contributed by atoms with Crippen LogP contribution in [0.4, 0.5) is 5.13 Å². The first-order chi connectivity index (χ1) is 14.5. The summed E-state index contributed by atoms with van der Waals surface area (Å²) >= 11 is 1.33. The Morgan fingerprint density at radius 1 is 1.17 bits per heavy atom. The normalized spacial score (nSPS) is 11.3. The van der Waals surface area contributed by atoms with Crippen molar-refractivity contribution in [2.75, 3.05) is 11.9 Å². The van der Waals surface area contributed by atoms with Crippen LogP contribution in [0.5, 0.6) is 0 Å². The lowest BCUT2D eigenvalue weighted by Gasteiger charge is -2.04. The van der Waals surface area contributed by atoms with Crippen LogP contribution in [-0.2, 0) is 9.53 Å². The summed E-state index contributed by atoms with van der Waals surface area (Å²) in [7, 11) is 0. The molecule has 0 radical (unpaired) electrons. The molecule has 0 aliphatic rings. The van der Waals surface area contributed by atoms with Crippen molar-refractivity contribution in [1.82, 2.24) is 4.98 Å². The van der Waals surface area contributed by atoms with Gasteiger partial charge in [0.15, 0.2) is 5.13 Å². The van der Waals surface area contributed by atoms with Crippen molar-refractivity contribution in [2.45, 2.75) is 39.5 Å². The number of benzene rings is 2. The predicted molar refractivity (Wildman–Crippen MR) is 123 cm³/mol. The Hall–Kier alpha value is -2.99. The van der Waals surface area contributed by atoms with E-state index in [0.717, 1.165) is 28.6 Å². The predicted octanol–water partition coefficient (Wildman–Crippen LogP) is 6.03. The minimum atomic E-state index is -0.337. The Balaban J connectivity index is 1.63. The molecule has 0 atom stereocenters. The number of ether oxygens (including phenoxy) is 1. The molecule has 3 rings (SSSR count). The van der Waals surface area contributed by atoms with Crippen molar-refractivity contribution in [3.8, 4) is 0 Å². The summed E-state index contributed by atoms with van der Waals surface area (Å²) in [5, 5.41) is 3.28. The van der Waals surface area contributed by atoms with E-state index in [4.69, 9.17) is 4.74 Å². The molecule has 0 aliphatic carbocycles. The monoisotopic (exact) mass is 422 g/mol. The van der Waals surface area contributed by atoms with Crippen molar-refractivity contribution in [2.24, 2.45) is 0 Å². The second-order valence-corrected chi connectivity index (χ2v) is 8.37. The summed E-state index contributed by atoms with van der Waals surface area (Å²) < 4.78 is 6.07. The smallest absolute Gasteiger partial charge is 0.338 e. The Kier molecular flexibility index (Phi) is 7.36. The molecule has 1 N–H and O–H groups in total. The van der Waals surface area contributed by atoms with Gasteiger partial charge in [-0.05, 0) is 47.7 Å². The van der Waals surface area contributed by atoms with Crippen LogP contribution in [-0.4, -0.2) is 23.5 Å². The van der Waals surface area contributed by atoms with E-state index in [1.165, 1.54) is 23.0 Å². The highest BCUT2D eigenvalue weighted by atomic mass is 32.1. The third kappa shape index (κ3) is 5.76. The Morgan fingerprint density at radius 3 is 2.63 bits per heavy atom. The van der Waals surface area contributed by atoms with Crippen molar-refractivity contribution < 1.29 is 14.3 Å². The number of nitrogens with one attached hydrogen (secondary N) is 1. The molecule has 2 aromatic carbocycles. The maximum absolute atomic E-state index is 12.3. The molecule has 0 aliphatic heterocycles. The second kappa shape index (κ2) is 10.2. The molecule has 3 aromatic rings. The first kappa shape index (κ1) is 21.7. The number of amides is 1. The van der Waals surface area contributed by atoms with Crippen LogP contribution in [0.15, 0.2) is 48.5 Å². The van der Waals surface area contributed by atoms with Gasteiger partial charge in [-0.2, -0.15) is 0 Å². The van der Waals surface area contributed by atoms with Crippen LogP contribution in [0.2, 0.25) is 0 Å². The Bertz CT molecular complexity index is 1050. The molecule has 1 aromatic heterocycles. The molecular formula is C24H26N2O3S. The first-order valence-corrected chi connectivity index (χ1v) is 10.9. The number of thiazole rings is 1. The van der Waals surface area contributed by atoms with Gasteiger partial charge < -0.3 is 4.74 Å². The molecule has 0 saturated carbocycles. The number of anilines is 1. The molecule has 6 heteroatoms.